The second-order valence-corrected chi connectivity index (χ2v) is 6.89. The second-order valence-electron chi connectivity index (χ2n) is 4.87. The number of hydrogen-bond donors (Lipinski definition) is 1. The average Bonchev–Trinajstić information content (AvgIpc) is 2.51. The molecule has 0 aliphatic heterocycles. The largest absolute Gasteiger partial charge is 0.494 e. The van der Waals surface area contributed by atoms with Gasteiger partial charge in [-0.15, -0.1) is 0 Å². The summed E-state index contributed by atoms with van der Waals surface area (Å²) in [7, 11) is -1.92. The Balaban J connectivity index is 2.22. The van der Waals surface area contributed by atoms with Crippen LogP contribution in [0.4, 0.5) is 0 Å². The number of sulfone groups is 1. The van der Waals surface area contributed by atoms with E-state index in [1.807, 2.05) is 0 Å². The molecule has 0 atom stereocenters. The first-order valence-corrected chi connectivity index (χ1v) is 8.98. The van der Waals surface area contributed by atoms with Crippen LogP contribution in [-0.4, -0.2) is 46.8 Å². The summed E-state index contributed by atoms with van der Waals surface area (Å²) in [6.07, 6.45) is 2.08. The van der Waals surface area contributed by atoms with Crippen LogP contribution in [0.15, 0.2) is 29.2 Å². The molecule has 1 amide bonds. The van der Waals surface area contributed by atoms with Crippen LogP contribution >= 0.6 is 0 Å². The normalized spacial score (nSPS) is 10.9. The molecule has 1 aromatic rings. The van der Waals surface area contributed by atoms with Gasteiger partial charge in [-0.2, -0.15) is 0 Å². The highest BCUT2D eigenvalue weighted by atomic mass is 32.2. The molecule has 8 heteroatoms. The monoisotopic (exact) mass is 343 g/mol. The van der Waals surface area contributed by atoms with Crippen molar-refractivity contribution in [2.45, 2.75) is 24.2 Å². The van der Waals surface area contributed by atoms with Crippen LogP contribution in [-0.2, 0) is 24.2 Å². The van der Waals surface area contributed by atoms with Crippen molar-refractivity contribution in [1.82, 2.24) is 5.32 Å². The highest BCUT2D eigenvalue weighted by Crippen LogP contribution is 2.16. The van der Waals surface area contributed by atoms with E-state index in [4.69, 9.17) is 4.74 Å². The zero-order chi connectivity index (χ0) is 17.3. The van der Waals surface area contributed by atoms with Crippen LogP contribution < -0.4 is 10.1 Å². The Morgan fingerprint density at radius 1 is 1.13 bits per heavy atom. The van der Waals surface area contributed by atoms with Gasteiger partial charge in [-0.05, 0) is 30.7 Å². The molecule has 0 aliphatic carbocycles. The maximum atomic E-state index is 11.5. The molecule has 23 heavy (non-hydrogen) atoms. The van der Waals surface area contributed by atoms with Crippen LogP contribution in [0.2, 0.25) is 0 Å². The standard InChI is InChI=1S/C15H21NO6S/c1-21-15(18)9-10-16-14(17)4-3-11-22-12-5-7-13(8-6-12)23(2,19)20/h5-8H,3-4,9-11H2,1-2H3,(H,16,17). The van der Waals surface area contributed by atoms with E-state index in [0.717, 1.165) is 6.26 Å². The summed E-state index contributed by atoms with van der Waals surface area (Å²) in [6.45, 7) is 0.585. The van der Waals surface area contributed by atoms with Gasteiger partial charge in [-0.3, -0.25) is 9.59 Å². The minimum absolute atomic E-state index is 0.144. The Morgan fingerprint density at radius 3 is 2.35 bits per heavy atom. The van der Waals surface area contributed by atoms with Gasteiger partial charge >= 0.3 is 5.97 Å². The van der Waals surface area contributed by atoms with Crippen molar-refractivity contribution in [3.05, 3.63) is 24.3 Å². The van der Waals surface area contributed by atoms with Crippen molar-refractivity contribution >= 4 is 21.7 Å². The lowest BCUT2D eigenvalue weighted by Gasteiger charge is -2.07. The fourth-order valence-electron chi connectivity index (χ4n) is 1.70. The lowest BCUT2D eigenvalue weighted by atomic mass is 10.3. The Hall–Kier alpha value is -2.09. The van der Waals surface area contributed by atoms with Crippen molar-refractivity contribution in [3.8, 4) is 5.75 Å². The van der Waals surface area contributed by atoms with Crippen LogP contribution in [0, 0.1) is 0 Å². The number of amides is 1. The highest BCUT2D eigenvalue weighted by molar-refractivity contribution is 7.90. The Bertz CT molecular complexity index is 624. The molecule has 0 aliphatic rings. The van der Waals surface area contributed by atoms with E-state index in [2.05, 4.69) is 10.1 Å². The van der Waals surface area contributed by atoms with Crippen LogP contribution in [0.1, 0.15) is 19.3 Å². The first-order chi connectivity index (χ1) is 10.8. The van der Waals surface area contributed by atoms with E-state index >= 15 is 0 Å². The molecule has 1 rings (SSSR count). The van der Waals surface area contributed by atoms with Gasteiger partial charge in [-0.1, -0.05) is 0 Å². The minimum Gasteiger partial charge on any atom is -0.494 e. The lowest BCUT2D eigenvalue weighted by Crippen LogP contribution is -2.26. The molecule has 0 heterocycles. The molecule has 0 bridgehead atoms. The van der Waals surface area contributed by atoms with Gasteiger partial charge < -0.3 is 14.8 Å². The zero-order valence-electron chi connectivity index (χ0n) is 13.2. The molecule has 0 fully saturated rings. The Kier molecular flexibility index (Phi) is 7.53. The number of hydrogen-bond acceptors (Lipinski definition) is 6. The SMILES string of the molecule is COC(=O)CCNC(=O)CCCOc1ccc(S(C)(=O)=O)cc1. The third-order valence-electron chi connectivity index (χ3n) is 2.95. The molecule has 0 saturated carbocycles. The predicted molar refractivity (Wildman–Crippen MR) is 83.9 cm³/mol. The first-order valence-electron chi connectivity index (χ1n) is 7.09. The van der Waals surface area contributed by atoms with Gasteiger partial charge in [0.25, 0.3) is 0 Å². The summed E-state index contributed by atoms with van der Waals surface area (Å²) in [5.41, 5.74) is 0. The molecule has 128 valence electrons. The number of carbonyl (C=O) groups is 2. The molecular formula is C15H21NO6S. The zero-order valence-corrected chi connectivity index (χ0v) is 14.0. The van der Waals surface area contributed by atoms with E-state index in [0.29, 0.717) is 18.8 Å². The van der Waals surface area contributed by atoms with Crippen molar-refractivity contribution in [2.24, 2.45) is 0 Å². The number of nitrogens with one attached hydrogen (secondary N) is 1. The first kappa shape index (κ1) is 19.0. The maximum Gasteiger partial charge on any atom is 0.307 e. The van der Waals surface area contributed by atoms with E-state index in [1.165, 1.54) is 19.2 Å². The molecule has 0 radical (unpaired) electrons. The third kappa shape index (κ3) is 7.64. The van der Waals surface area contributed by atoms with Crippen LogP contribution in [0.3, 0.4) is 0 Å². The summed E-state index contributed by atoms with van der Waals surface area (Å²) in [4.78, 5) is 22.6. The smallest absolute Gasteiger partial charge is 0.307 e. The molecule has 7 nitrogen and oxygen atoms in total. The fraction of sp³-hybridized carbons (Fsp3) is 0.467. The molecule has 0 spiro atoms. The quantitative estimate of drug-likeness (QED) is 0.529. The molecule has 1 aromatic carbocycles. The number of esters is 1. The molecule has 0 aromatic heterocycles. The molecule has 1 N–H and O–H groups in total. The van der Waals surface area contributed by atoms with E-state index in [9.17, 15) is 18.0 Å². The number of methoxy groups -OCH3 is 1. The van der Waals surface area contributed by atoms with E-state index in [-0.39, 0.29) is 36.2 Å². The number of benzene rings is 1. The summed E-state index contributed by atoms with van der Waals surface area (Å²) in [6, 6.07) is 6.11. The number of ether oxygens (including phenoxy) is 2. The van der Waals surface area contributed by atoms with Gasteiger partial charge in [0.1, 0.15) is 5.75 Å². The van der Waals surface area contributed by atoms with Gasteiger partial charge in [0.05, 0.1) is 25.0 Å². The molecular weight excluding hydrogens is 322 g/mol. The Labute approximate surface area is 135 Å². The third-order valence-corrected chi connectivity index (χ3v) is 4.08. The van der Waals surface area contributed by atoms with Crippen molar-refractivity contribution in [2.75, 3.05) is 26.5 Å². The lowest BCUT2D eigenvalue weighted by molar-refractivity contribution is -0.140. The van der Waals surface area contributed by atoms with Crippen LogP contribution in [0.25, 0.3) is 0 Å². The van der Waals surface area contributed by atoms with Crippen molar-refractivity contribution in [3.63, 3.8) is 0 Å². The van der Waals surface area contributed by atoms with Gasteiger partial charge in [0, 0.05) is 19.2 Å². The molecule has 0 unspecified atom stereocenters. The van der Waals surface area contributed by atoms with Crippen molar-refractivity contribution < 1.29 is 27.5 Å². The average molecular weight is 343 g/mol. The molecule has 0 saturated heterocycles. The van der Waals surface area contributed by atoms with E-state index < -0.39 is 9.84 Å². The topological polar surface area (TPSA) is 98.8 Å². The summed E-state index contributed by atoms with van der Waals surface area (Å²) >= 11 is 0. The highest BCUT2D eigenvalue weighted by Gasteiger charge is 2.07. The van der Waals surface area contributed by atoms with Crippen LogP contribution in [0.5, 0.6) is 5.75 Å². The fourth-order valence-corrected chi connectivity index (χ4v) is 2.33. The summed E-state index contributed by atoms with van der Waals surface area (Å²) in [5.74, 6) is 0.0135. The summed E-state index contributed by atoms with van der Waals surface area (Å²) < 4.78 is 32.5. The predicted octanol–water partition coefficient (Wildman–Crippen LogP) is 0.928. The van der Waals surface area contributed by atoms with Crippen molar-refractivity contribution in [1.29, 1.82) is 0 Å². The Morgan fingerprint density at radius 2 is 1.78 bits per heavy atom. The minimum atomic E-state index is -3.21. The van der Waals surface area contributed by atoms with E-state index in [1.54, 1.807) is 12.1 Å². The summed E-state index contributed by atoms with van der Waals surface area (Å²) in [5, 5.41) is 2.61. The maximum absolute atomic E-state index is 11.5. The number of rotatable bonds is 9. The van der Waals surface area contributed by atoms with Gasteiger partial charge in [0.15, 0.2) is 9.84 Å². The number of carbonyl (C=O) groups excluding carboxylic acids is 2. The van der Waals surface area contributed by atoms with Gasteiger partial charge in [0.2, 0.25) is 5.91 Å². The van der Waals surface area contributed by atoms with Gasteiger partial charge in [-0.25, -0.2) is 8.42 Å². The second kappa shape index (κ2) is 9.14.